The number of benzene rings is 1. The number of halogens is 1. The molecule has 2 nitrogen and oxygen atoms in total. The third-order valence-electron chi connectivity index (χ3n) is 4.06. The van der Waals surface area contributed by atoms with Crippen molar-refractivity contribution in [1.29, 1.82) is 0 Å². The maximum atomic E-state index is 5.46. The van der Waals surface area contributed by atoms with Gasteiger partial charge in [0.1, 0.15) is 5.75 Å². The molecule has 1 aliphatic carbocycles. The summed E-state index contributed by atoms with van der Waals surface area (Å²) >= 11 is 3.51. The molecule has 0 spiro atoms. The fourth-order valence-corrected chi connectivity index (χ4v) is 3.53. The summed E-state index contributed by atoms with van der Waals surface area (Å²) in [6.45, 7) is 3.17. The van der Waals surface area contributed by atoms with Crippen LogP contribution in [0.25, 0.3) is 0 Å². The van der Waals surface area contributed by atoms with Crippen molar-refractivity contribution >= 4 is 21.6 Å². The Balaban J connectivity index is 1.91. The summed E-state index contributed by atoms with van der Waals surface area (Å²) in [4.78, 5) is 0. The van der Waals surface area contributed by atoms with Gasteiger partial charge in [0.05, 0.1) is 12.8 Å². The molecular formula is C16H24BrNO. The minimum Gasteiger partial charge on any atom is -0.495 e. The molecule has 0 saturated heterocycles. The average Bonchev–Trinajstić information content (AvgIpc) is 2.42. The normalized spacial score (nSPS) is 16.4. The zero-order valence-corrected chi connectivity index (χ0v) is 13.6. The van der Waals surface area contributed by atoms with Crippen molar-refractivity contribution < 1.29 is 4.74 Å². The van der Waals surface area contributed by atoms with E-state index in [9.17, 15) is 0 Å². The van der Waals surface area contributed by atoms with E-state index in [1.807, 2.05) is 6.07 Å². The molecule has 2 rings (SSSR count). The lowest BCUT2D eigenvalue weighted by atomic mass is 9.87. The molecule has 1 aromatic rings. The van der Waals surface area contributed by atoms with Crippen LogP contribution in [0.5, 0.6) is 5.75 Å². The molecule has 0 aromatic heterocycles. The van der Waals surface area contributed by atoms with Crippen LogP contribution in [-0.2, 0) is 0 Å². The predicted molar refractivity (Wildman–Crippen MR) is 85.1 cm³/mol. The Labute approximate surface area is 125 Å². The minimum atomic E-state index is 0.919. The Morgan fingerprint density at radius 1 is 1.26 bits per heavy atom. The van der Waals surface area contributed by atoms with E-state index in [4.69, 9.17) is 4.74 Å². The second-order valence-corrected chi connectivity index (χ2v) is 6.44. The summed E-state index contributed by atoms with van der Waals surface area (Å²) in [5.41, 5.74) is 2.37. The van der Waals surface area contributed by atoms with Crippen molar-refractivity contribution in [1.82, 2.24) is 0 Å². The highest BCUT2D eigenvalue weighted by molar-refractivity contribution is 9.10. The smallest absolute Gasteiger partial charge is 0.143 e. The van der Waals surface area contributed by atoms with E-state index >= 15 is 0 Å². The van der Waals surface area contributed by atoms with Crippen molar-refractivity contribution in [3.8, 4) is 5.75 Å². The topological polar surface area (TPSA) is 21.3 Å². The van der Waals surface area contributed by atoms with Crippen LogP contribution in [-0.4, -0.2) is 13.7 Å². The molecule has 0 aliphatic heterocycles. The summed E-state index contributed by atoms with van der Waals surface area (Å²) in [6, 6.07) is 4.15. The molecule has 0 unspecified atom stereocenters. The van der Waals surface area contributed by atoms with Gasteiger partial charge < -0.3 is 10.1 Å². The Morgan fingerprint density at radius 3 is 2.68 bits per heavy atom. The van der Waals surface area contributed by atoms with E-state index in [2.05, 4.69) is 34.2 Å². The van der Waals surface area contributed by atoms with E-state index in [1.54, 1.807) is 7.11 Å². The number of rotatable bonds is 5. The van der Waals surface area contributed by atoms with Gasteiger partial charge in [0.15, 0.2) is 0 Å². The molecule has 1 aromatic carbocycles. The third-order valence-corrected chi connectivity index (χ3v) is 4.52. The van der Waals surface area contributed by atoms with Crippen LogP contribution in [0.15, 0.2) is 16.6 Å². The zero-order valence-electron chi connectivity index (χ0n) is 12.0. The monoisotopic (exact) mass is 325 g/mol. The third kappa shape index (κ3) is 4.13. The van der Waals surface area contributed by atoms with Gasteiger partial charge in [-0.1, -0.05) is 48.0 Å². The SMILES string of the molecule is COc1cc(Br)cc(C)c1NCCC1CCCCC1. The van der Waals surface area contributed by atoms with E-state index in [0.717, 1.165) is 28.4 Å². The highest BCUT2D eigenvalue weighted by Gasteiger charge is 2.13. The molecule has 1 fully saturated rings. The maximum absolute atomic E-state index is 5.46. The molecule has 0 atom stereocenters. The van der Waals surface area contributed by atoms with Crippen molar-refractivity contribution in [3.05, 3.63) is 22.2 Å². The molecule has 106 valence electrons. The zero-order chi connectivity index (χ0) is 13.7. The number of nitrogens with one attached hydrogen (secondary N) is 1. The Morgan fingerprint density at radius 2 is 2.00 bits per heavy atom. The van der Waals surface area contributed by atoms with Crippen LogP contribution < -0.4 is 10.1 Å². The Kier molecular flexibility index (Phi) is 5.56. The first-order valence-electron chi connectivity index (χ1n) is 7.28. The molecule has 1 N–H and O–H groups in total. The largest absolute Gasteiger partial charge is 0.495 e. The first kappa shape index (κ1) is 14.7. The van der Waals surface area contributed by atoms with Gasteiger partial charge in [-0.25, -0.2) is 0 Å². The Hall–Kier alpha value is -0.700. The van der Waals surface area contributed by atoms with Gasteiger partial charge >= 0.3 is 0 Å². The highest BCUT2D eigenvalue weighted by atomic mass is 79.9. The van der Waals surface area contributed by atoms with Crippen molar-refractivity contribution in [3.63, 3.8) is 0 Å². The lowest BCUT2D eigenvalue weighted by molar-refractivity contribution is 0.345. The van der Waals surface area contributed by atoms with Gasteiger partial charge in [0, 0.05) is 11.0 Å². The van der Waals surface area contributed by atoms with E-state index < -0.39 is 0 Å². The van der Waals surface area contributed by atoms with Crippen LogP contribution in [0.2, 0.25) is 0 Å². The molecule has 0 radical (unpaired) electrons. The first-order chi connectivity index (χ1) is 9.20. The Bertz CT molecular complexity index is 413. The van der Waals surface area contributed by atoms with Gasteiger partial charge in [-0.15, -0.1) is 0 Å². The summed E-state index contributed by atoms with van der Waals surface area (Å²) in [5.74, 6) is 1.85. The predicted octanol–water partition coefficient (Wildman–Crippen LogP) is 5.15. The van der Waals surface area contributed by atoms with Crippen LogP contribution >= 0.6 is 15.9 Å². The quantitative estimate of drug-likeness (QED) is 0.808. The molecule has 1 aliphatic rings. The number of hydrogen-bond acceptors (Lipinski definition) is 2. The van der Waals surface area contributed by atoms with Gasteiger partial charge in [0.25, 0.3) is 0 Å². The van der Waals surface area contributed by atoms with E-state index in [-0.39, 0.29) is 0 Å². The van der Waals surface area contributed by atoms with Crippen LogP contribution in [0, 0.1) is 12.8 Å². The van der Waals surface area contributed by atoms with Crippen molar-refractivity contribution in [2.45, 2.75) is 45.4 Å². The lowest BCUT2D eigenvalue weighted by Crippen LogP contribution is -2.13. The van der Waals surface area contributed by atoms with Gasteiger partial charge in [0.2, 0.25) is 0 Å². The number of anilines is 1. The minimum absolute atomic E-state index is 0.919. The van der Waals surface area contributed by atoms with E-state index in [1.165, 1.54) is 44.1 Å². The second-order valence-electron chi connectivity index (χ2n) is 5.52. The summed E-state index contributed by atoms with van der Waals surface area (Å²) in [6.07, 6.45) is 8.38. The van der Waals surface area contributed by atoms with Gasteiger partial charge in [-0.3, -0.25) is 0 Å². The fraction of sp³-hybridized carbons (Fsp3) is 0.625. The molecule has 19 heavy (non-hydrogen) atoms. The van der Waals surface area contributed by atoms with Crippen molar-refractivity contribution in [2.75, 3.05) is 19.0 Å². The van der Waals surface area contributed by atoms with Crippen LogP contribution in [0.1, 0.15) is 44.1 Å². The number of aryl methyl sites for hydroxylation is 1. The summed E-state index contributed by atoms with van der Waals surface area (Å²) in [5, 5.41) is 3.56. The van der Waals surface area contributed by atoms with Crippen molar-refractivity contribution in [2.24, 2.45) is 5.92 Å². The number of ether oxygens (including phenoxy) is 1. The highest BCUT2D eigenvalue weighted by Crippen LogP contribution is 2.32. The van der Waals surface area contributed by atoms with Gasteiger partial charge in [-0.2, -0.15) is 0 Å². The lowest BCUT2D eigenvalue weighted by Gasteiger charge is -2.22. The first-order valence-corrected chi connectivity index (χ1v) is 8.08. The van der Waals surface area contributed by atoms with E-state index in [0.29, 0.717) is 0 Å². The molecule has 0 amide bonds. The summed E-state index contributed by atoms with van der Waals surface area (Å²) < 4.78 is 6.53. The van der Waals surface area contributed by atoms with Crippen LogP contribution in [0.4, 0.5) is 5.69 Å². The molecular weight excluding hydrogens is 302 g/mol. The van der Waals surface area contributed by atoms with Gasteiger partial charge in [-0.05, 0) is 37.0 Å². The standard InChI is InChI=1S/C16H24BrNO/c1-12-10-14(17)11-15(19-2)16(12)18-9-8-13-6-4-3-5-7-13/h10-11,13,18H,3-9H2,1-2H3. The molecule has 1 saturated carbocycles. The average molecular weight is 326 g/mol. The number of hydrogen-bond donors (Lipinski definition) is 1. The molecule has 0 heterocycles. The number of methoxy groups -OCH3 is 1. The fourth-order valence-electron chi connectivity index (χ4n) is 2.98. The maximum Gasteiger partial charge on any atom is 0.143 e. The molecule has 3 heteroatoms. The van der Waals surface area contributed by atoms with Crippen LogP contribution in [0.3, 0.4) is 0 Å². The second kappa shape index (κ2) is 7.18. The summed E-state index contributed by atoms with van der Waals surface area (Å²) in [7, 11) is 1.73. The molecule has 0 bridgehead atoms.